The van der Waals surface area contributed by atoms with Gasteiger partial charge in [-0.25, -0.2) is 0 Å². The van der Waals surface area contributed by atoms with Crippen LogP contribution in [0.4, 0.5) is 0 Å². The Morgan fingerprint density at radius 2 is 2.14 bits per heavy atom. The smallest absolute Gasteiger partial charge is 0.0769 e. The van der Waals surface area contributed by atoms with Gasteiger partial charge in [0.2, 0.25) is 0 Å². The molecule has 1 heterocycles. The van der Waals surface area contributed by atoms with Crippen LogP contribution in [-0.4, -0.2) is 23.8 Å². The monoisotopic (exact) mass is 189 g/mol. The summed E-state index contributed by atoms with van der Waals surface area (Å²) in [7, 11) is 0. The van der Waals surface area contributed by atoms with Gasteiger partial charge in [0.25, 0.3) is 0 Å². The Kier molecular flexibility index (Phi) is 2.96. The first-order chi connectivity index (χ1) is 6.86. The van der Waals surface area contributed by atoms with Crippen molar-refractivity contribution in [3.63, 3.8) is 0 Å². The van der Waals surface area contributed by atoms with E-state index in [4.69, 9.17) is 0 Å². The lowest BCUT2D eigenvalue weighted by Gasteiger charge is -2.17. The molecule has 0 unspecified atom stereocenters. The first-order valence-corrected chi connectivity index (χ1v) is 4.98. The summed E-state index contributed by atoms with van der Waals surface area (Å²) in [5.74, 6) is 0. The second-order valence-corrected chi connectivity index (χ2v) is 3.62. The van der Waals surface area contributed by atoms with Gasteiger partial charge in [0.05, 0.1) is 12.1 Å². The van der Waals surface area contributed by atoms with Crippen molar-refractivity contribution in [1.29, 1.82) is 0 Å². The molecule has 2 rings (SSSR count). The van der Waals surface area contributed by atoms with E-state index in [-0.39, 0.29) is 12.1 Å². The summed E-state index contributed by atoms with van der Waals surface area (Å²) >= 11 is 0. The normalized spacial score (nSPS) is 22.5. The van der Waals surface area contributed by atoms with Gasteiger partial charge in [-0.1, -0.05) is 42.5 Å². The van der Waals surface area contributed by atoms with Crippen molar-refractivity contribution in [2.24, 2.45) is 0 Å². The average Bonchev–Trinajstić information content (AvgIpc) is 2.72. The largest absolute Gasteiger partial charge is 0.391 e. The van der Waals surface area contributed by atoms with E-state index in [1.165, 1.54) is 5.56 Å². The van der Waals surface area contributed by atoms with Crippen molar-refractivity contribution in [2.75, 3.05) is 6.54 Å². The number of hydrogen-bond donors (Lipinski definition) is 2. The SMILES string of the molecule is O[C@H](Cc1ccccc1)[C@@H]1C=CCN1. The zero-order valence-corrected chi connectivity index (χ0v) is 8.06. The minimum Gasteiger partial charge on any atom is -0.391 e. The summed E-state index contributed by atoms with van der Waals surface area (Å²) in [5, 5.41) is 13.1. The maximum absolute atomic E-state index is 9.89. The molecule has 1 aromatic carbocycles. The fourth-order valence-corrected chi connectivity index (χ4v) is 1.73. The number of aliphatic hydroxyl groups is 1. The van der Waals surface area contributed by atoms with E-state index in [0.717, 1.165) is 6.54 Å². The first-order valence-electron chi connectivity index (χ1n) is 4.98. The molecule has 1 aliphatic rings. The van der Waals surface area contributed by atoms with Gasteiger partial charge in [-0.3, -0.25) is 0 Å². The number of hydrogen-bond acceptors (Lipinski definition) is 2. The van der Waals surface area contributed by atoms with Crippen molar-refractivity contribution >= 4 is 0 Å². The molecule has 0 radical (unpaired) electrons. The van der Waals surface area contributed by atoms with Gasteiger partial charge in [0.15, 0.2) is 0 Å². The average molecular weight is 189 g/mol. The Morgan fingerprint density at radius 3 is 2.79 bits per heavy atom. The van der Waals surface area contributed by atoms with Crippen molar-refractivity contribution < 1.29 is 5.11 Å². The van der Waals surface area contributed by atoms with Crippen molar-refractivity contribution in [3.8, 4) is 0 Å². The number of rotatable bonds is 3. The summed E-state index contributed by atoms with van der Waals surface area (Å²) in [4.78, 5) is 0. The Morgan fingerprint density at radius 1 is 1.36 bits per heavy atom. The zero-order chi connectivity index (χ0) is 9.80. The van der Waals surface area contributed by atoms with Gasteiger partial charge in [-0.2, -0.15) is 0 Å². The lowest BCUT2D eigenvalue weighted by Crippen LogP contribution is -2.36. The van der Waals surface area contributed by atoms with E-state index in [1.54, 1.807) is 0 Å². The zero-order valence-electron chi connectivity index (χ0n) is 8.06. The Bertz CT molecular complexity index is 307. The van der Waals surface area contributed by atoms with Crippen LogP contribution >= 0.6 is 0 Å². The van der Waals surface area contributed by atoms with Gasteiger partial charge in [-0.15, -0.1) is 0 Å². The minimum absolute atomic E-state index is 0.121. The highest BCUT2D eigenvalue weighted by atomic mass is 16.3. The fourth-order valence-electron chi connectivity index (χ4n) is 1.73. The number of aliphatic hydroxyl groups excluding tert-OH is 1. The van der Waals surface area contributed by atoms with Crippen molar-refractivity contribution in [3.05, 3.63) is 48.0 Å². The lowest BCUT2D eigenvalue weighted by molar-refractivity contribution is 0.150. The van der Waals surface area contributed by atoms with Crippen LogP contribution in [0, 0.1) is 0 Å². The molecular formula is C12H15NO. The van der Waals surface area contributed by atoms with Crippen molar-refractivity contribution in [2.45, 2.75) is 18.6 Å². The molecule has 2 heteroatoms. The van der Waals surface area contributed by atoms with Crippen LogP contribution in [0.15, 0.2) is 42.5 Å². The Hall–Kier alpha value is -1.12. The summed E-state index contributed by atoms with van der Waals surface area (Å²) < 4.78 is 0. The third-order valence-corrected chi connectivity index (χ3v) is 2.52. The van der Waals surface area contributed by atoms with E-state index >= 15 is 0 Å². The summed E-state index contributed by atoms with van der Waals surface area (Å²) in [5.41, 5.74) is 1.18. The van der Waals surface area contributed by atoms with Crippen LogP contribution < -0.4 is 5.32 Å². The first kappa shape index (κ1) is 9.44. The topological polar surface area (TPSA) is 32.3 Å². The summed E-state index contributed by atoms with van der Waals surface area (Å²) in [6.07, 6.45) is 4.48. The molecule has 2 N–H and O–H groups in total. The van der Waals surface area contributed by atoms with Gasteiger partial charge < -0.3 is 10.4 Å². The van der Waals surface area contributed by atoms with E-state index < -0.39 is 0 Å². The molecule has 0 fully saturated rings. The minimum atomic E-state index is -0.323. The Labute approximate surface area is 84.3 Å². The lowest BCUT2D eigenvalue weighted by atomic mass is 10.0. The molecule has 2 nitrogen and oxygen atoms in total. The number of nitrogens with one attached hydrogen (secondary N) is 1. The quantitative estimate of drug-likeness (QED) is 0.698. The second-order valence-electron chi connectivity index (χ2n) is 3.62. The van der Waals surface area contributed by atoms with Gasteiger partial charge in [0.1, 0.15) is 0 Å². The predicted octanol–water partition coefficient (Wildman–Crippen LogP) is 1.12. The van der Waals surface area contributed by atoms with E-state index in [1.807, 2.05) is 36.4 Å². The third-order valence-electron chi connectivity index (χ3n) is 2.52. The molecular weight excluding hydrogens is 174 g/mol. The molecule has 0 aromatic heterocycles. The van der Waals surface area contributed by atoms with Gasteiger partial charge in [0, 0.05) is 13.0 Å². The number of benzene rings is 1. The third kappa shape index (κ3) is 2.22. The molecule has 0 amide bonds. The molecule has 14 heavy (non-hydrogen) atoms. The molecule has 2 atom stereocenters. The molecule has 0 aliphatic carbocycles. The maximum Gasteiger partial charge on any atom is 0.0769 e. The summed E-state index contributed by atoms with van der Waals surface area (Å²) in [6, 6.07) is 10.2. The molecule has 0 bridgehead atoms. The van der Waals surface area contributed by atoms with Crippen LogP contribution in [0.3, 0.4) is 0 Å². The van der Waals surface area contributed by atoms with Crippen LogP contribution in [0.25, 0.3) is 0 Å². The Balaban J connectivity index is 1.94. The molecule has 74 valence electrons. The van der Waals surface area contributed by atoms with Crippen molar-refractivity contribution in [1.82, 2.24) is 5.32 Å². The van der Waals surface area contributed by atoms with Gasteiger partial charge >= 0.3 is 0 Å². The molecule has 0 saturated heterocycles. The summed E-state index contributed by atoms with van der Waals surface area (Å²) in [6.45, 7) is 0.872. The fraction of sp³-hybridized carbons (Fsp3) is 0.333. The maximum atomic E-state index is 9.89. The van der Waals surface area contributed by atoms with Crippen LogP contribution in [0.1, 0.15) is 5.56 Å². The van der Waals surface area contributed by atoms with E-state index in [2.05, 4.69) is 11.4 Å². The van der Waals surface area contributed by atoms with Crippen LogP contribution in [0.2, 0.25) is 0 Å². The second kappa shape index (κ2) is 4.40. The standard InChI is InChI=1S/C12H15NO/c14-12(11-7-4-8-13-11)9-10-5-2-1-3-6-10/h1-7,11-14H,8-9H2/t11-,12+/m0/s1. The predicted molar refractivity (Wildman–Crippen MR) is 57.1 cm³/mol. The molecule has 0 saturated carbocycles. The molecule has 1 aromatic rings. The molecule has 0 spiro atoms. The van der Waals surface area contributed by atoms with Gasteiger partial charge in [-0.05, 0) is 5.56 Å². The van der Waals surface area contributed by atoms with Crippen LogP contribution in [0.5, 0.6) is 0 Å². The van der Waals surface area contributed by atoms with Crippen LogP contribution in [-0.2, 0) is 6.42 Å². The highest BCUT2D eigenvalue weighted by Gasteiger charge is 2.18. The molecule has 1 aliphatic heterocycles. The van der Waals surface area contributed by atoms with E-state index in [0.29, 0.717) is 6.42 Å². The highest BCUT2D eigenvalue weighted by Crippen LogP contribution is 2.08. The van der Waals surface area contributed by atoms with E-state index in [9.17, 15) is 5.11 Å². The highest BCUT2D eigenvalue weighted by molar-refractivity contribution is 5.17.